The molecule has 2 fully saturated rings. The Bertz CT molecular complexity index is 853. The molecule has 3 heterocycles. The maximum Gasteiger partial charge on any atom is 0.251 e. The third-order valence-electron chi connectivity index (χ3n) is 5.63. The van der Waals surface area contributed by atoms with Crippen molar-refractivity contribution in [2.45, 2.75) is 38.6 Å². The maximum atomic E-state index is 12.3. The maximum absolute atomic E-state index is 12.3. The van der Waals surface area contributed by atoms with E-state index in [1.165, 1.54) is 5.56 Å². The number of hydrogen-bond donors (Lipinski definition) is 2. The average molecular weight is 369 g/mol. The Labute approximate surface area is 159 Å². The van der Waals surface area contributed by atoms with Gasteiger partial charge in [0.25, 0.3) is 5.91 Å². The van der Waals surface area contributed by atoms with E-state index in [4.69, 9.17) is 0 Å². The number of aromatic nitrogens is 2. The van der Waals surface area contributed by atoms with E-state index in [1.807, 2.05) is 23.7 Å². The second-order valence-electron chi connectivity index (χ2n) is 7.50. The molecule has 7 heteroatoms. The molecule has 0 saturated carbocycles. The fourth-order valence-electron chi connectivity index (χ4n) is 4.25. The Morgan fingerprint density at radius 2 is 2.04 bits per heavy atom. The summed E-state index contributed by atoms with van der Waals surface area (Å²) in [5.41, 5.74) is 3.23. The minimum Gasteiger partial charge on any atom is -0.314 e. The molecule has 2 N–H and O–H groups in total. The van der Waals surface area contributed by atoms with E-state index in [-0.39, 0.29) is 11.8 Å². The number of aryl methyl sites for hydroxylation is 2. The number of rotatable bonds is 5. The second-order valence-corrected chi connectivity index (χ2v) is 7.50. The van der Waals surface area contributed by atoms with Crippen LogP contribution in [0.4, 0.5) is 0 Å². The molecule has 7 nitrogen and oxygen atoms in total. The lowest BCUT2D eigenvalue weighted by molar-refractivity contribution is -0.135. The Hall–Kier alpha value is -2.25. The number of imide groups is 1. The van der Waals surface area contributed by atoms with Crippen LogP contribution in [0.1, 0.15) is 36.6 Å². The van der Waals surface area contributed by atoms with Gasteiger partial charge in [-0.1, -0.05) is 12.1 Å². The quantitative estimate of drug-likeness (QED) is 0.774. The van der Waals surface area contributed by atoms with E-state index in [0.717, 1.165) is 62.2 Å². The molecule has 0 aliphatic carbocycles. The van der Waals surface area contributed by atoms with Crippen LogP contribution < -0.4 is 10.6 Å². The molecule has 2 saturated heterocycles. The number of nitrogens with one attached hydrogen (secondary N) is 2. The predicted octanol–water partition coefficient (Wildman–Crippen LogP) is 1.16. The highest BCUT2D eigenvalue weighted by atomic mass is 16.2. The van der Waals surface area contributed by atoms with E-state index in [2.05, 4.69) is 26.7 Å². The third kappa shape index (κ3) is 3.75. The van der Waals surface area contributed by atoms with E-state index in [9.17, 15) is 9.59 Å². The van der Waals surface area contributed by atoms with Gasteiger partial charge in [-0.25, -0.2) is 0 Å². The molecule has 1 aromatic carbocycles. The van der Waals surface area contributed by atoms with Gasteiger partial charge in [0, 0.05) is 38.0 Å². The van der Waals surface area contributed by atoms with E-state index in [0.29, 0.717) is 12.8 Å². The van der Waals surface area contributed by atoms with Crippen LogP contribution >= 0.6 is 0 Å². The van der Waals surface area contributed by atoms with Gasteiger partial charge >= 0.3 is 0 Å². The van der Waals surface area contributed by atoms with Gasteiger partial charge in [-0.05, 0) is 44.4 Å². The number of hydrogen-bond acceptors (Lipinski definition) is 5. The number of benzene rings is 1. The first-order chi connectivity index (χ1) is 13.1. The number of carbonyl (C=O) groups is 2. The lowest BCUT2D eigenvalue weighted by Crippen LogP contribution is -2.43. The summed E-state index contributed by atoms with van der Waals surface area (Å²) < 4.78 is 1.81. The molecular formula is C20H27N5O2. The normalized spacial score (nSPS) is 21.6. The third-order valence-corrected chi connectivity index (χ3v) is 5.63. The summed E-state index contributed by atoms with van der Waals surface area (Å²) in [4.78, 5) is 26.2. The van der Waals surface area contributed by atoms with Gasteiger partial charge < -0.3 is 10.2 Å². The molecule has 0 radical (unpaired) electrons. The van der Waals surface area contributed by atoms with Crippen LogP contribution in [0.3, 0.4) is 0 Å². The molecule has 4 rings (SSSR count). The number of fused-ring (bicyclic) bond motifs is 1. The molecule has 2 aliphatic rings. The van der Waals surface area contributed by atoms with Crippen molar-refractivity contribution in [2.75, 3.05) is 32.7 Å². The van der Waals surface area contributed by atoms with Crippen molar-refractivity contribution in [3.63, 3.8) is 0 Å². The average Bonchev–Trinajstić information content (AvgIpc) is 3.00. The zero-order chi connectivity index (χ0) is 18.8. The van der Waals surface area contributed by atoms with Gasteiger partial charge in [0.1, 0.15) is 6.04 Å². The summed E-state index contributed by atoms with van der Waals surface area (Å²) in [5.74, 6) is -0.446. The number of amides is 2. The van der Waals surface area contributed by atoms with Crippen LogP contribution in [0.15, 0.2) is 18.2 Å². The fourth-order valence-corrected chi connectivity index (χ4v) is 4.25. The summed E-state index contributed by atoms with van der Waals surface area (Å²) >= 11 is 0. The summed E-state index contributed by atoms with van der Waals surface area (Å²) in [6, 6.07) is 5.84. The smallest absolute Gasteiger partial charge is 0.251 e. The van der Waals surface area contributed by atoms with Crippen molar-refractivity contribution in [1.29, 1.82) is 0 Å². The van der Waals surface area contributed by atoms with Gasteiger partial charge in [-0.15, -0.1) is 0 Å². The van der Waals surface area contributed by atoms with Crippen molar-refractivity contribution >= 4 is 22.7 Å². The van der Waals surface area contributed by atoms with Crippen molar-refractivity contribution in [2.24, 2.45) is 0 Å². The molecule has 27 heavy (non-hydrogen) atoms. The Kier molecular flexibility index (Phi) is 5.22. The highest BCUT2D eigenvalue weighted by Crippen LogP contribution is 2.28. The second kappa shape index (κ2) is 7.78. The predicted molar refractivity (Wildman–Crippen MR) is 104 cm³/mol. The molecule has 0 bridgehead atoms. The molecule has 2 aliphatic heterocycles. The molecule has 1 unspecified atom stereocenters. The Balaban J connectivity index is 1.53. The van der Waals surface area contributed by atoms with Crippen LogP contribution in [-0.2, 0) is 16.0 Å². The first-order valence-electron chi connectivity index (χ1n) is 9.87. The van der Waals surface area contributed by atoms with Crippen molar-refractivity contribution in [3.8, 4) is 0 Å². The number of piperidine rings is 1. The topological polar surface area (TPSA) is 79.3 Å². The van der Waals surface area contributed by atoms with Gasteiger partial charge in [0.05, 0.1) is 11.2 Å². The number of nitrogens with zero attached hydrogens (tertiary/aromatic N) is 3. The van der Waals surface area contributed by atoms with E-state index < -0.39 is 6.04 Å². The summed E-state index contributed by atoms with van der Waals surface area (Å²) in [7, 11) is 0. The minimum absolute atomic E-state index is 0.196. The molecule has 2 amide bonds. The SMILES string of the molecule is Cc1nn(C2CCC(=O)NC2=O)c2cccc(CCCN3CCNCC3)c12. The van der Waals surface area contributed by atoms with Crippen molar-refractivity contribution in [1.82, 2.24) is 25.3 Å². The standard InChI is InChI=1S/C20H27N5O2/c1-14-19-15(5-3-11-24-12-9-21-10-13-24)4-2-6-16(19)25(23-14)17-7-8-18(26)22-20(17)27/h2,4,6,17,21H,3,5,7-13H2,1H3,(H,22,26,27). The zero-order valence-electron chi connectivity index (χ0n) is 15.8. The lowest BCUT2D eigenvalue weighted by Gasteiger charge is -2.27. The van der Waals surface area contributed by atoms with Crippen molar-refractivity contribution in [3.05, 3.63) is 29.5 Å². The van der Waals surface area contributed by atoms with Crippen LogP contribution in [0.2, 0.25) is 0 Å². The molecule has 1 atom stereocenters. The van der Waals surface area contributed by atoms with Gasteiger partial charge in [-0.2, -0.15) is 5.10 Å². The molecule has 2 aromatic rings. The largest absolute Gasteiger partial charge is 0.314 e. The molecule has 144 valence electrons. The van der Waals surface area contributed by atoms with Crippen LogP contribution in [-0.4, -0.2) is 59.2 Å². The van der Waals surface area contributed by atoms with Crippen molar-refractivity contribution < 1.29 is 9.59 Å². The molecule has 0 spiro atoms. The summed E-state index contributed by atoms with van der Waals surface area (Å²) in [6.45, 7) is 7.51. The van der Waals surface area contributed by atoms with E-state index in [1.54, 1.807) is 0 Å². The zero-order valence-corrected chi connectivity index (χ0v) is 15.8. The van der Waals surface area contributed by atoms with Gasteiger partial charge in [-0.3, -0.25) is 19.6 Å². The molecular weight excluding hydrogens is 342 g/mol. The highest BCUT2D eigenvalue weighted by Gasteiger charge is 2.30. The van der Waals surface area contributed by atoms with Crippen LogP contribution in [0, 0.1) is 6.92 Å². The van der Waals surface area contributed by atoms with Crippen LogP contribution in [0.25, 0.3) is 10.9 Å². The summed E-state index contributed by atoms with van der Waals surface area (Å²) in [6.07, 6.45) is 2.99. The Morgan fingerprint density at radius 1 is 1.22 bits per heavy atom. The monoisotopic (exact) mass is 369 g/mol. The van der Waals surface area contributed by atoms with Gasteiger partial charge in [0.2, 0.25) is 5.91 Å². The lowest BCUT2D eigenvalue weighted by atomic mass is 10.0. The minimum atomic E-state index is -0.407. The van der Waals surface area contributed by atoms with E-state index >= 15 is 0 Å². The number of carbonyl (C=O) groups excluding carboxylic acids is 2. The van der Waals surface area contributed by atoms with Gasteiger partial charge in [0.15, 0.2) is 0 Å². The first-order valence-corrected chi connectivity index (χ1v) is 9.87. The molecule has 1 aromatic heterocycles. The van der Waals surface area contributed by atoms with Crippen LogP contribution in [0.5, 0.6) is 0 Å². The fraction of sp³-hybridized carbons (Fsp3) is 0.550. The highest BCUT2D eigenvalue weighted by molar-refractivity contribution is 6.00. The summed E-state index contributed by atoms with van der Waals surface area (Å²) in [5, 5.41) is 11.7. The Morgan fingerprint density at radius 3 is 2.81 bits per heavy atom. The number of piperazine rings is 1. The first kappa shape index (κ1) is 18.1.